The fourth-order valence-electron chi connectivity index (χ4n) is 0.649. The normalized spacial score (nSPS) is 13.2. The number of carbonyl (C=O) groups is 1. The molecule has 8 heteroatoms. The second-order valence-electron chi connectivity index (χ2n) is 2.72. The third kappa shape index (κ3) is 5.05. The van der Waals surface area contributed by atoms with Crippen LogP contribution < -0.4 is 10.5 Å². The number of ether oxygens (including phenoxy) is 1. The van der Waals surface area contributed by atoms with Crippen LogP contribution in [0.4, 0.5) is 0 Å². The zero-order chi connectivity index (χ0) is 12.1. The summed E-state index contributed by atoms with van der Waals surface area (Å²) in [6, 6.07) is 0. The molecule has 0 aliphatic rings. The van der Waals surface area contributed by atoms with Crippen molar-refractivity contribution in [1.82, 2.24) is 4.72 Å². The summed E-state index contributed by atoms with van der Waals surface area (Å²) in [6.45, 7) is 2.76. The molecule has 0 aromatic rings. The maximum atomic E-state index is 11.4. The van der Waals surface area contributed by atoms with E-state index in [1.165, 1.54) is 6.92 Å². The SMILES string of the molecule is CCOC(=O)CNS(=O)(=O)C(C)C(N)=S. The molecule has 0 rings (SSSR count). The van der Waals surface area contributed by atoms with Crippen molar-refractivity contribution in [3.05, 3.63) is 0 Å². The van der Waals surface area contributed by atoms with E-state index in [0.717, 1.165) is 0 Å². The predicted molar refractivity (Wildman–Crippen MR) is 59.8 cm³/mol. The monoisotopic (exact) mass is 254 g/mol. The average molecular weight is 254 g/mol. The molecule has 0 heterocycles. The maximum absolute atomic E-state index is 11.4. The highest BCUT2D eigenvalue weighted by atomic mass is 32.2. The summed E-state index contributed by atoms with van der Waals surface area (Å²) in [4.78, 5) is 10.7. The average Bonchev–Trinajstić information content (AvgIpc) is 2.14. The lowest BCUT2D eigenvalue weighted by molar-refractivity contribution is -0.141. The molecule has 1 unspecified atom stereocenters. The van der Waals surface area contributed by atoms with Gasteiger partial charge in [-0.2, -0.15) is 0 Å². The Morgan fingerprint density at radius 1 is 1.60 bits per heavy atom. The molecule has 88 valence electrons. The molecular formula is C7H14N2O4S2. The number of hydrogen-bond acceptors (Lipinski definition) is 5. The van der Waals surface area contributed by atoms with Crippen LogP contribution in [-0.2, 0) is 19.6 Å². The molecule has 0 aliphatic heterocycles. The van der Waals surface area contributed by atoms with E-state index in [1.807, 2.05) is 0 Å². The summed E-state index contributed by atoms with van der Waals surface area (Å²) in [6.07, 6.45) is 0. The Hall–Kier alpha value is -0.730. The molecule has 0 radical (unpaired) electrons. The molecule has 0 aliphatic carbocycles. The van der Waals surface area contributed by atoms with Gasteiger partial charge in [0.2, 0.25) is 10.0 Å². The van der Waals surface area contributed by atoms with Gasteiger partial charge in [0.25, 0.3) is 0 Å². The molecule has 0 aromatic carbocycles. The van der Waals surface area contributed by atoms with Crippen LogP contribution in [0, 0.1) is 0 Å². The Labute approximate surface area is 94.2 Å². The van der Waals surface area contributed by atoms with Gasteiger partial charge in [-0.25, -0.2) is 13.1 Å². The molecule has 0 saturated heterocycles. The third-order valence-corrected chi connectivity index (χ3v) is 3.82. The van der Waals surface area contributed by atoms with Crippen LogP contribution in [0.25, 0.3) is 0 Å². The van der Waals surface area contributed by atoms with E-state index in [-0.39, 0.29) is 11.6 Å². The lowest BCUT2D eigenvalue weighted by Crippen LogP contribution is -2.42. The number of nitrogens with one attached hydrogen (secondary N) is 1. The molecule has 1 atom stereocenters. The molecule has 6 nitrogen and oxygen atoms in total. The highest BCUT2D eigenvalue weighted by Gasteiger charge is 2.23. The quantitative estimate of drug-likeness (QED) is 0.473. The van der Waals surface area contributed by atoms with Crippen LogP contribution in [0.1, 0.15) is 13.8 Å². The molecular weight excluding hydrogens is 240 g/mol. The molecule has 0 bridgehead atoms. The molecule has 0 aromatic heterocycles. The zero-order valence-corrected chi connectivity index (χ0v) is 10.2. The van der Waals surface area contributed by atoms with Gasteiger partial charge in [-0.1, -0.05) is 12.2 Å². The minimum absolute atomic E-state index is 0.147. The Kier molecular flexibility index (Phi) is 5.69. The second-order valence-corrected chi connectivity index (χ2v) is 5.27. The highest BCUT2D eigenvalue weighted by Crippen LogP contribution is 1.98. The van der Waals surface area contributed by atoms with Crippen LogP contribution in [0.5, 0.6) is 0 Å². The van der Waals surface area contributed by atoms with Crippen molar-refractivity contribution in [2.75, 3.05) is 13.2 Å². The zero-order valence-electron chi connectivity index (χ0n) is 8.52. The number of hydrogen-bond donors (Lipinski definition) is 2. The molecule has 15 heavy (non-hydrogen) atoms. The largest absolute Gasteiger partial charge is 0.465 e. The van der Waals surface area contributed by atoms with E-state index in [0.29, 0.717) is 0 Å². The summed E-state index contributed by atoms with van der Waals surface area (Å²) < 4.78 is 29.4. The number of nitrogens with two attached hydrogens (primary N) is 1. The lowest BCUT2D eigenvalue weighted by atomic mass is 10.5. The summed E-state index contributed by atoms with van der Waals surface area (Å²) in [5.74, 6) is -0.642. The Bertz CT molecular complexity index is 339. The van der Waals surface area contributed by atoms with Crippen LogP contribution in [0.15, 0.2) is 0 Å². The first-order valence-corrected chi connectivity index (χ1v) is 6.20. The highest BCUT2D eigenvalue weighted by molar-refractivity contribution is 7.93. The molecule has 0 spiro atoms. The summed E-state index contributed by atoms with van der Waals surface area (Å²) in [5, 5.41) is -1.01. The van der Waals surface area contributed by atoms with Crippen molar-refractivity contribution in [3.8, 4) is 0 Å². The maximum Gasteiger partial charge on any atom is 0.320 e. The minimum atomic E-state index is -3.69. The number of sulfonamides is 1. The Morgan fingerprint density at radius 2 is 2.13 bits per heavy atom. The standard InChI is InChI=1S/C7H14N2O4S2/c1-3-13-6(10)4-9-15(11,12)5(2)7(8)14/h5,9H,3-4H2,1-2H3,(H2,8,14). The Balaban J connectivity index is 4.29. The van der Waals surface area contributed by atoms with Gasteiger partial charge < -0.3 is 10.5 Å². The van der Waals surface area contributed by atoms with Gasteiger partial charge in [0.05, 0.1) is 11.6 Å². The first kappa shape index (κ1) is 14.3. The van der Waals surface area contributed by atoms with Crippen molar-refractivity contribution in [2.45, 2.75) is 19.1 Å². The summed E-state index contributed by atoms with van der Waals surface area (Å²) in [5.41, 5.74) is 5.18. The summed E-state index contributed by atoms with van der Waals surface area (Å²) >= 11 is 4.54. The van der Waals surface area contributed by atoms with Crippen molar-refractivity contribution in [1.29, 1.82) is 0 Å². The van der Waals surface area contributed by atoms with Gasteiger partial charge in [-0.15, -0.1) is 0 Å². The van der Waals surface area contributed by atoms with E-state index in [2.05, 4.69) is 21.7 Å². The smallest absolute Gasteiger partial charge is 0.320 e. The number of carbonyl (C=O) groups excluding carboxylic acids is 1. The van der Waals surface area contributed by atoms with Crippen LogP contribution in [-0.4, -0.2) is 37.8 Å². The third-order valence-electron chi connectivity index (χ3n) is 1.59. The molecule has 3 N–H and O–H groups in total. The topological polar surface area (TPSA) is 98.5 Å². The van der Waals surface area contributed by atoms with Gasteiger partial charge in [0.1, 0.15) is 11.8 Å². The minimum Gasteiger partial charge on any atom is -0.465 e. The van der Waals surface area contributed by atoms with Gasteiger partial charge in [-0.3, -0.25) is 4.79 Å². The number of esters is 1. The number of rotatable bonds is 6. The molecule has 0 amide bonds. The van der Waals surface area contributed by atoms with E-state index >= 15 is 0 Å². The van der Waals surface area contributed by atoms with Crippen molar-refractivity contribution >= 4 is 33.2 Å². The van der Waals surface area contributed by atoms with E-state index in [1.54, 1.807) is 6.92 Å². The lowest BCUT2D eigenvalue weighted by Gasteiger charge is -2.11. The first-order valence-electron chi connectivity index (χ1n) is 4.24. The van der Waals surface area contributed by atoms with Gasteiger partial charge >= 0.3 is 5.97 Å². The molecule has 0 saturated carbocycles. The van der Waals surface area contributed by atoms with E-state index in [9.17, 15) is 13.2 Å². The van der Waals surface area contributed by atoms with Crippen molar-refractivity contribution in [3.63, 3.8) is 0 Å². The fraction of sp³-hybridized carbons (Fsp3) is 0.714. The number of thiocarbonyl (C=S) groups is 1. The summed E-state index contributed by atoms with van der Waals surface area (Å²) in [7, 11) is -3.69. The van der Waals surface area contributed by atoms with Gasteiger partial charge in [0, 0.05) is 0 Å². The first-order chi connectivity index (χ1) is 6.81. The molecule has 0 fully saturated rings. The van der Waals surface area contributed by atoms with Crippen LogP contribution in [0.2, 0.25) is 0 Å². The van der Waals surface area contributed by atoms with E-state index in [4.69, 9.17) is 5.73 Å². The van der Waals surface area contributed by atoms with Crippen LogP contribution in [0.3, 0.4) is 0 Å². The van der Waals surface area contributed by atoms with Gasteiger partial charge in [0.15, 0.2) is 0 Å². The van der Waals surface area contributed by atoms with Gasteiger partial charge in [-0.05, 0) is 13.8 Å². The predicted octanol–water partition coefficient (Wildman–Crippen LogP) is -0.856. The van der Waals surface area contributed by atoms with Crippen molar-refractivity contribution < 1.29 is 17.9 Å². The fourth-order valence-corrected chi connectivity index (χ4v) is 1.90. The van der Waals surface area contributed by atoms with Crippen molar-refractivity contribution in [2.24, 2.45) is 5.73 Å². The second kappa shape index (κ2) is 5.99. The van der Waals surface area contributed by atoms with E-state index < -0.39 is 27.8 Å². The van der Waals surface area contributed by atoms with Crippen LogP contribution >= 0.6 is 12.2 Å². The Morgan fingerprint density at radius 3 is 2.53 bits per heavy atom.